The molecule has 1 amide bonds. The molecule has 1 heterocycles. The van der Waals surface area contributed by atoms with Crippen LogP contribution in [0.5, 0.6) is 0 Å². The molecule has 1 aromatic heterocycles. The Morgan fingerprint density at radius 2 is 1.88 bits per heavy atom. The van der Waals surface area contributed by atoms with E-state index in [4.69, 9.17) is 0 Å². The molecule has 2 rings (SSSR count). The number of aromatic nitrogens is 1. The highest BCUT2D eigenvalue weighted by Crippen LogP contribution is 2.06. The number of sulfonamides is 1. The van der Waals surface area contributed by atoms with Crippen LogP contribution < -0.4 is 10.0 Å². The highest BCUT2D eigenvalue weighted by molar-refractivity contribution is 7.89. The smallest absolute Gasteiger partial charge is 0.337 e. The number of benzene rings is 1. The van der Waals surface area contributed by atoms with Gasteiger partial charge in [0.1, 0.15) is 4.90 Å². The van der Waals surface area contributed by atoms with Gasteiger partial charge < -0.3 is 10.1 Å². The van der Waals surface area contributed by atoms with E-state index < -0.39 is 16.0 Å². The number of nitrogens with one attached hydrogen (secondary N) is 2. The largest absolute Gasteiger partial charge is 0.465 e. The average Bonchev–Trinajstić information content (AvgIpc) is 2.66. The zero-order chi connectivity index (χ0) is 19.0. The van der Waals surface area contributed by atoms with Crippen molar-refractivity contribution in [3.63, 3.8) is 0 Å². The van der Waals surface area contributed by atoms with Gasteiger partial charge in [-0.1, -0.05) is 12.1 Å². The van der Waals surface area contributed by atoms with Crippen molar-refractivity contribution in [1.29, 1.82) is 0 Å². The summed E-state index contributed by atoms with van der Waals surface area (Å²) in [6.45, 7) is 0.250. The maximum atomic E-state index is 12.0. The second-order valence-electron chi connectivity index (χ2n) is 5.30. The van der Waals surface area contributed by atoms with Gasteiger partial charge in [0.2, 0.25) is 15.9 Å². The van der Waals surface area contributed by atoms with E-state index in [9.17, 15) is 18.0 Å². The molecule has 0 atom stereocenters. The molecule has 0 spiro atoms. The second-order valence-corrected chi connectivity index (χ2v) is 7.07. The van der Waals surface area contributed by atoms with Gasteiger partial charge >= 0.3 is 5.97 Å². The highest BCUT2D eigenvalue weighted by Gasteiger charge is 2.14. The number of carbonyl (C=O) groups excluding carboxylic acids is 2. The topological polar surface area (TPSA) is 114 Å². The summed E-state index contributed by atoms with van der Waals surface area (Å²) in [7, 11) is -2.37. The Kier molecular flexibility index (Phi) is 6.81. The van der Waals surface area contributed by atoms with E-state index in [0.29, 0.717) is 5.56 Å². The molecule has 0 fully saturated rings. The molecule has 8 nitrogen and oxygen atoms in total. The Balaban J connectivity index is 1.76. The Labute approximate surface area is 151 Å². The minimum atomic E-state index is -3.67. The lowest BCUT2D eigenvalue weighted by Gasteiger charge is -2.08. The molecule has 2 aromatic rings. The molecule has 26 heavy (non-hydrogen) atoms. The Morgan fingerprint density at radius 1 is 1.15 bits per heavy atom. The summed E-state index contributed by atoms with van der Waals surface area (Å²) in [5, 5.41) is 2.69. The maximum Gasteiger partial charge on any atom is 0.337 e. The van der Waals surface area contributed by atoms with Crippen LogP contribution in [0, 0.1) is 0 Å². The summed E-state index contributed by atoms with van der Waals surface area (Å²) in [6.07, 6.45) is 2.71. The van der Waals surface area contributed by atoms with E-state index in [1.54, 1.807) is 24.3 Å². The molecule has 1 aromatic carbocycles. The lowest BCUT2D eigenvalue weighted by atomic mass is 10.1. The third kappa shape index (κ3) is 5.64. The van der Waals surface area contributed by atoms with E-state index in [2.05, 4.69) is 19.8 Å². The van der Waals surface area contributed by atoms with Crippen LogP contribution in [0.2, 0.25) is 0 Å². The van der Waals surface area contributed by atoms with Gasteiger partial charge in [-0.15, -0.1) is 0 Å². The predicted octanol–water partition coefficient (Wildman–Crippen LogP) is 0.853. The van der Waals surface area contributed by atoms with Gasteiger partial charge in [-0.2, -0.15) is 0 Å². The number of esters is 1. The molecular weight excluding hydrogens is 358 g/mol. The number of rotatable bonds is 8. The van der Waals surface area contributed by atoms with E-state index in [-0.39, 0.29) is 30.3 Å². The highest BCUT2D eigenvalue weighted by atomic mass is 32.2. The molecule has 0 aliphatic rings. The normalized spacial score (nSPS) is 11.0. The average molecular weight is 377 g/mol. The Bertz CT molecular complexity index is 852. The van der Waals surface area contributed by atoms with E-state index in [1.807, 2.05) is 0 Å². The number of hydrogen-bond acceptors (Lipinski definition) is 6. The second kappa shape index (κ2) is 9.07. The van der Waals surface area contributed by atoms with Crippen molar-refractivity contribution in [1.82, 2.24) is 15.0 Å². The molecule has 2 N–H and O–H groups in total. The third-order valence-corrected chi connectivity index (χ3v) is 4.90. The summed E-state index contributed by atoms with van der Waals surface area (Å²) in [6, 6.07) is 9.57. The number of nitrogens with zero attached hydrogens (tertiary/aromatic N) is 1. The van der Waals surface area contributed by atoms with Crippen LogP contribution in [0.15, 0.2) is 53.7 Å². The fourth-order valence-corrected chi connectivity index (χ4v) is 3.05. The van der Waals surface area contributed by atoms with Gasteiger partial charge in [0.15, 0.2) is 0 Å². The SMILES string of the molecule is COC(=O)c1ccc(CNC(=O)CCNS(=O)(=O)c2cccnc2)cc1. The number of hydrogen-bond donors (Lipinski definition) is 2. The molecular formula is C17H19N3O5S. The van der Waals surface area contributed by atoms with Gasteiger partial charge in [-0.05, 0) is 29.8 Å². The molecule has 0 saturated carbocycles. The van der Waals surface area contributed by atoms with Gasteiger partial charge in [-0.25, -0.2) is 17.9 Å². The quantitative estimate of drug-likeness (QED) is 0.659. The number of pyridine rings is 1. The fourth-order valence-electron chi connectivity index (χ4n) is 2.05. The van der Waals surface area contributed by atoms with E-state index in [0.717, 1.165) is 5.56 Å². The van der Waals surface area contributed by atoms with Crippen LogP contribution >= 0.6 is 0 Å². The van der Waals surface area contributed by atoms with Crippen molar-refractivity contribution >= 4 is 21.9 Å². The molecule has 0 saturated heterocycles. The first-order chi connectivity index (χ1) is 12.4. The lowest BCUT2D eigenvalue weighted by Crippen LogP contribution is -2.30. The molecule has 9 heteroatoms. The molecule has 0 aliphatic carbocycles. The molecule has 0 aliphatic heterocycles. The van der Waals surface area contributed by atoms with E-state index in [1.165, 1.54) is 31.6 Å². The van der Waals surface area contributed by atoms with Gasteiger partial charge in [-0.3, -0.25) is 9.78 Å². The third-order valence-electron chi connectivity index (χ3n) is 3.45. The Morgan fingerprint density at radius 3 is 2.50 bits per heavy atom. The molecule has 138 valence electrons. The van der Waals surface area contributed by atoms with Crippen LogP contribution in [0.25, 0.3) is 0 Å². The van der Waals surface area contributed by atoms with Gasteiger partial charge in [0.25, 0.3) is 0 Å². The minimum absolute atomic E-state index is 0.000262. The predicted molar refractivity (Wildman–Crippen MR) is 93.7 cm³/mol. The standard InChI is InChI=1S/C17H19N3O5S/c1-25-17(22)14-6-4-13(5-7-14)11-19-16(21)8-10-20-26(23,24)15-3-2-9-18-12-15/h2-7,9,12,20H,8,10-11H2,1H3,(H,19,21). The van der Waals surface area contributed by atoms with Crippen molar-refractivity contribution in [2.24, 2.45) is 0 Å². The van der Waals surface area contributed by atoms with Crippen molar-refractivity contribution in [2.75, 3.05) is 13.7 Å². The fraction of sp³-hybridized carbons (Fsp3) is 0.235. The van der Waals surface area contributed by atoms with Crippen LogP contribution in [0.4, 0.5) is 0 Å². The number of carbonyl (C=O) groups is 2. The van der Waals surface area contributed by atoms with Crippen LogP contribution in [-0.2, 0) is 26.1 Å². The summed E-state index contributed by atoms with van der Waals surface area (Å²) < 4.78 is 30.9. The molecule has 0 unspecified atom stereocenters. The number of amides is 1. The monoisotopic (exact) mass is 377 g/mol. The zero-order valence-electron chi connectivity index (χ0n) is 14.1. The Hall–Kier alpha value is -2.78. The molecule has 0 bridgehead atoms. The first-order valence-corrected chi connectivity index (χ1v) is 9.24. The van der Waals surface area contributed by atoms with Crippen molar-refractivity contribution in [3.05, 3.63) is 59.9 Å². The first kappa shape index (κ1) is 19.5. The van der Waals surface area contributed by atoms with Crippen LogP contribution in [0.3, 0.4) is 0 Å². The molecule has 0 radical (unpaired) electrons. The van der Waals surface area contributed by atoms with Gasteiger partial charge in [0.05, 0.1) is 12.7 Å². The summed E-state index contributed by atoms with van der Waals surface area (Å²) in [5.74, 6) is -0.725. The number of methoxy groups -OCH3 is 1. The minimum Gasteiger partial charge on any atom is -0.465 e. The lowest BCUT2D eigenvalue weighted by molar-refractivity contribution is -0.121. The van der Waals surface area contributed by atoms with E-state index >= 15 is 0 Å². The van der Waals surface area contributed by atoms with Crippen LogP contribution in [0.1, 0.15) is 22.3 Å². The summed E-state index contributed by atoms with van der Waals surface area (Å²) in [4.78, 5) is 27.0. The maximum absolute atomic E-state index is 12.0. The summed E-state index contributed by atoms with van der Waals surface area (Å²) in [5.41, 5.74) is 1.23. The first-order valence-electron chi connectivity index (χ1n) is 7.76. The van der Waals surface area contributed by atoms with Crippen LogP contribution in [-0.4, -0.2) is 38.9 Å². The van der Waals surface area contributed by atoms with Crippen molar-refractivity contribution in [3.8, 4) is 0 Å². The van der Waals surface area contributed by atoms with Crippen molar-refractivity contribution in [2.45, 2.75) is 17.9 Å². The zero-order valence-corrected chi connectivity index (χ0v) is 15.0. The van der Waals surface area contributed by atoms with Gasteiger partial charge in [0, 0.05) is 31.9 Å². The van der Waals surface area contributed by atoms with Crippen molar-refractivity contribution < 1.29 is 22.7 Å². The number of ether oxygens (including phenoxy) is 1. The summed E-state index contributed by atoms with van der Waals surface area (Å²) >= 11 is 0.